The Kier molecular flexibility index (Phi) is 8.20. The number of carboxylic acids is 1. The second kappa shape index (κ2) is 10.8. The molecule has 1 aliphatic heterocycles. The van der Waals surface area contributed by atoms with Gasteiger partial charge in [-0.25, -0.2) is 4.79 Å². The first-order chi connectivity index (χ1) is 16.4. The summed E-state index contributed by atoms with van der Waals surface area (Å²) in [6.07, 6.45) is -0.206. The second-order valence-electron chi connectivity index (χ2n) is 8.78. The molecule has 2 atom stereocenters. The first-order valence-electron chi connectivity index (χ1n) is 11.1. The lowest BCUT2D eigenvalue weighted by Crippen LogP contribution is -2.45. The van der Waals surface area contributed by atoms with E-state index < -0.39 is 30.2 Å². The van der Waals surface area contributed by atoms with E-state index in [0.29, 0.717) is 27.6 Å². The van der Waals surface area contributed by atoms with Gasteiger partial charge in [0.2, 0.25) is 0 Å². The molecule has 0 bridgehead atoms. The lowest BCUT2D eigenvalue weighted by Gasteiger charge is -2.37. The molecule has 0 fully saturated rings. The molecule has 0 spiro atoms. The molecule has 0 unspecified atom stereocenters. The van der Waals surface area contributed by atoms with Crippen LogP contribution in [0.3, 0.4) is 0 Å². The average Bonchev–Trinajstić information content (AvgIpc) is 3.03. The first kappa shape index (κ1) is 26.7. The molecule has 0 aromatic heterocycles. The maximum absolute atomic E-state index is 13.6. The smallest absolute Gasteiger partial charge is 0.334 e. The summed E-state index contributed by atoms with van der Waals surface area (Å²) >= 11 is 12.3. The summed E-state index contributed by atoms with van der Waals surface area (Å²) in [4.78, 5) is 43.1. The number of aliphatic carboxylic acids is 1. The Labute approximate surface area is 213 Å². The van der Waals surface area contributed by atoms with Gasteiger partial charge in [-0.05, 0) is 56.2 Å². The Morgan fingerprint density at radius 1 is 1.11 bits per heavy atom. The maximum atomic E-state index is 13.6. The maximum Gasteiger partial charge on any atom is 0.334 e. The normalized spacial score (nSPS) is 16.6. The number of amides is 2. The van der Waals surface area contributed by atoms with Gasteiger partial charge >= 0.3 is 5.97 Å². The summed E-state index contributed by atoms with van der Waals surface area (Å²) in [5, 5.41) is 21.3. The predicted molar refractivity (Wildman–Crippen MR) is 134 cm³/mol. The minimum absolute atomic E-state index is 0.240. The van der Waals surface area contributed by atoms with Crippen LogP contribution in [0.1, 0.15) is 61.1 Å². The molecular formula is C25H27Cl2N3O5. The fourth-order valence-electron chi connectivity index (χ4n) is 4.09. The van der Waals surface area contributed by atoms with Gasteiger partial charge in [0.1, 0.15) is 11.4 Å². The number of aliphatic hydroxyl groups is 1. The quantitative estimate of drug-likeness (QED) is 0.461. The molecule has 0 saturated heterocycles. The van der Waals surface area contributed by atoms with Gasteiger partial charge in [-0.2, -0.15) is 0 Å². The summed E-state index contributed by atoms with van der Waals surface area (Å²) in [5.74, 6) is -2.16. The first-order valence-corrected chi connectivity index (χ1v) is 11.9. The van der Waals surface area contributed by atoms with E-state index in [1.165, 1.54) is 0 Å². The van der Waals surface area contributed by atoms with Crippen molar-refractivity contribution in [2.45, 2.75) is 51.4 Å². The Morgan fingerprint density at radius 2 is 1.71 bits per heavy atom. The number of carboxylic acid groups (broad SMARTS) is 1. The number of rotatable bonds is 9. The highest BCUT2D eigenvalue weighted by Crippen LogP contribution is 2.38. The molecule has 2 aromatic carbocycles. The number of benzene rings is 2. The molecule has 0 radical (unpaired) electrons. The molecule has 186 valence electrons. The molecule has 35 heavy (non-hydrogen) atoms. The number of aliphatic hydroxyl groups excluding tert-OH is 1. The number of nitrogens with one attached hydrogen (secondary N) is 1. The number of halogens is 2. The van der Waals surface area contributed by atoms with Crippen LogP contribution in [0.15, 0.2) is 47.5 Å². The van der Waals surface area contributed by atoms with Crippen molar-refractivity contribution in [3.8, 4) is 0 Å². The SMILES string of the molecule is CCC[C@H](c1ccc(C(=O)NC[C@@H](O)C(=O)O)cc1)N1C(=O)C(c2cc(Cl)cc(Cl)c2)=NC1(C)C. The Hall–Kier alpha value is -2.94. The molecule has 1 aliphatic rings. The number of nitrogens with zero attached hydrogens (tertiary/aromatic N) is 2. The number of carbonyl (C=O) groups is 3. The van der Waals surface area contributed by atoms with Gasteiger partial charge in [0.15, 0.2) is 6.10 Å². The van der Waals surface area contributed by atoms with E-state index in [1.807, 2.05) is 20.8 Å². The van der Waals surface area contributed by atoms with Crippen LogP contribution in [0.5, 0.6) is 0 Å². The summed E-state index contributed by atoms with van der Waals surface area (Å²) in [6.45, 7) is 5.34. The van der Waals surface area contributed by atoms with Crippen molar-refractivity contribution in [1.82, 2.24) is 10.2 Å². The molecule has 10 heteroatoms. The van der Waals surface area contributed by atoms with Crippen LogP contribution in [0.4, 0.5) is 0 Å². The van der Waals surface area contributed by atoms with E-state index in [2.05, 4.69) is 5.32 Å². The third-order valence-electron chi connectivity index (χ3n) is 5.70. The number of carbonyl (C=O) groups excluding carboxylic acids is 2. The van der Waals surface area contributed by atoms with Gasteiger partial charge in [-0.3, -0.25) is 14.6 Å². The largest absolute Gasteiger partial charge is 0.479 e. The average molecular weight is 520 g/mol. The minimum Gasteiger partial charge on any atom is -0.479 e. The summed E-state index contributed by atoms with van der Waals surface area (Å²) in [7, 11) is 0. The lowest BCUT2D eigenvalue weighted by atomic mass is 9.96. The fraction of sp³-hybridized carbons (Fsp3) is 0.360. The monoisotopic (exact) mass is 519 g/mol. The molecule has 1 heterocycles. The number of hydrogen-bond acceptors (Lipinski definition) is 5. The van der Waals surface area contributed by atoms with E-state index in [4.69, 9.17) is 33.3 Å². The van der Waals surface area contributed by atoms with Crippen molar-refractivity contribution in [1.29, 1.82) is 0 Å². The van der Waals surface area contributed by atoms with Crippen LogP contribution in [0.2, 0.25) is 10.0 Å². The highest BCUT2D eigenvalue weighted by atomic mass is 35.5. The van der Waals surface area contributed by atoms with E-state index >= 15 is 0 Å². The van der Waals surface area contributed by atoms with Crippen molar-refractivity contribution in [2.24, 2.45) is 4.99 Å². The fourth-order valence-corrected chi connectivity index (χ4v) is 4.62. The zero-order valence-electron chi connectivity index (χ0n) is 19.6. The van der Waals surface area contributed by atoms with E-state index in [9.17, 15) is 19.5 Å². The molecule has 0 aliphatic carbocycles. The third-order valence-corrected chi connectivity index (χ3v) is 6.14. The number of hydrogen-bond donors (Lipinski definition) is 3. The van der Waals surface area contributed by atoms with Crippen molar-refractivity contribution in [3.63, 3.8) is 0 Å². The van der Waals surface area contributed by atoms with Crippen LogP contribution in [-0.2, 0) is 9.59 Å². The van der Waals surface area contributed by atoms with E-state index in [-0.39, 0.29) is 17.7 Å². The molecule has 2 amide bonds. The molecule has 3 rings (SSSR count). The minimum atomic E-state index is -1.68. The van der Waals surface area contributed by atoms with Gasteiger partial charge in [-0.1, -0.05) is 48.7 Å². The van der Waals surface area contributed by atoms with E-state index in [1.54, 1.807) is 47.4 Å². The Balaban J connectivity index is 1.86. The lowest BCUT2D eigenvalue weighted by molar-refractivity contribution is -0.146. The molecule has 0 saturated carbocycles. The van der Waals surface area contributed by atoms with Crippen LogP contribution >= 0.6 is 23.2 Å². The Bertz CT molecular complexity index is 1140. The van der Waals surface area contributed by atoms with Gasteiger partial charge in [0.25, 0.3) is 11.8 Å². The number of aliphatic imine (C=N–C) groups is 1. The Morgan fingerprint density at radius 3 is 2.26 bits per heavy atom. The topological polar surface area (TPSA) is 119 Å². The van der Waals surface area contributed by atoms with E-state index in [0.717, 1.165) is 12.0 Å². The van der Waals surface area contributed by atoms with Crippen molar-refractivity contribution in [2.75, 3.05) is 6.54 Å². The molecule has 3 N–H and O–H groups in total. The summed E-state index contributed by atoms with van der Waals surface area (Å²) in [5.41, 5.74) is 1.14. The highest BCUT2D eigenvalue weighted by Gasteiger charge is 2.44. The van der Waals surface area contributed by atoms with Gasteiger partial charge in [0, 0.05) is 21.2 Å². The van der Waals surface area contributed by atoms with Crippen LogP contribution < -0.4 is 5.32 Å². The van der Waals surface area contributed by atoms with Gasteiger partial charge in [-0.15, -0.1) is 0 Å². The summed E-state index contributed by atoms with van der Waals surface area (Å²) in [6, 6.07) is 11.3. The zero-order chi connectivity index (χ0) is 25.9. The highest BCUT2D eigenvalue weighted by molar-refractivity contribution is 6.47. The predicted octanol–water partition coefficient (Wildman–Crippen LogP) is 4.08. The van der Waals surface area contributed by atoms with Gasteiger partial charge < -0.3 is 20.4 Å². The van der Waals surface area contributed by atoms with Crippen molar-refractivity contribution >= 4 is 46.7 Å². The van der Waals surface area contributed by atoms with Crippen LogP contribution in [0, 0.1) is 0 Å². The molecule has 2 aromatic rings. The standard InChI is InChI=1S/C25H27Cl2N3O5/c1-4-5-19(14-6-8-15(9-7-14)22(32)28-13-20(31)24(34)35)30-23(33)21(29-25(30,2)3)16-10-17(26)12-18(27)11-16/h6-12,19-20,31H,4-5,13H2,1-3H3,(H,28,32)(H,34,35)/t19-,20-/m1/s1. The molecule has 8 nitrogen and oxygen atoms in total. The van der Waals surface area contributed by atoms with Crippen LogP contribution in [0.25, 0.3) is 0 Å². The zero-order valence-corrected chi connectivity index (χ0v) is 21.1. The molecular weight excluding hydrogens is 493 g/mol. The third kappa shape index (κ3) is 6.01. The van der Waals surface area contributed by atoms with Crippen LogP contribution in [-0.4, -0.2) is 56.9 Å². The van der Waals surface area contributed by atoms with Crippen molar-refractivity contribution in [3.05, 3.63) is 69.2 Å². The van der Waals surface area contributed by atoms with Crippen molar-refractivity contribution < 1.29 is 24.6 Å². The second-order valence-corrected chi connectivity index (χ2v) is 9.65. The van der Waals surface area contributed by atoms with Gasteiger partial charge in [0.05, 0.1) is 12.6 Å². The summed E-state index contributed by atoms with van der Waals surface area (Å²) < 4.78 is 0.